The SMILES string of the molecule is CONC(=O)Oc1cc(Oc2ccc(NC(=O)Nc3ccc(Cl)c(C(F)(F)F)c3)c(F)c2)ccn1. The van der Waals surface area contributed by atoms with Crippen LogP contribution in [0.5, 0.6) is 17.4 Å². The third kappa shape index (κ3) is 7.19. The molecule has 3 aromatic rings. The summed E-state index contributed by atoms with van der Waals surface area (Å²) in [6, 6.07) is 7.94. The fourth-order valence-corrected chi connectivity index (χ4v) is 2.84. The number of anilines is 2. The molecule has 3 rings (SSSR count). The lowest BCUT2D eigenvalue weighted by atomic mass is 10.2. The van der Waals surface area contributed by atoms with Crippen LogP contribution < -0.4 is 25.6 Å². The number of nitrogens with one attached hydrogen (secondary N) is 3. The lowest BCUT2D eigenvalue weighted by molar-refractivity contribution is -0.137. The smallest absolute Gasteiger partial charge is 0.438 e. The first-order valence-corrected chi connectivity index (χ1v) is 9.82. The summed E-state index contributed by atoms with van der Waals surface area (Å²) in [6.07, 6.45) is -4.36. The van der Waals surface area contributed by atoms with E-state index in [1.54, 1.807) is 0 Å². The van der Waals surface area contributed by atoms with E-state index in [1.807, 2.05) is 5.48 Å². The molecule has 0 bridgehead atoms. The minimum atomic E-state index is -4.72. The third-order valence-corrected chi connectivity index (χ3v) is 4.37. The Kier molecular flexibility index (Phi) is 7.94. The highest BCUT2D eigenvalue weighted by Crippen LogP contribution is 2.36. The van der Waals surface area contributed by atoms with Gasteiger partial charge in [-0.3, -0.25) is 4.84 Å². The van der Waals surface area contributed by atoms with Crippen molar-refractivity contribution in [1.29, 1.82) is 0 Å². The third-order valence-electron chi connectivity index (χ3n) is 4.04. The number of pyridine rings is 1. The molecular weight excluding hydrogens is 500 g/mol. The van der Waals surface area contributed by atoms with Gasteiger partial charge in [0.15, 0.2) is 0 Å². The van der Waals surface area contributed by atoms with E-state index in [2.05, 4.69) is 20.5 Å². The van der Waals surface area contributed by atoms with E-state index < -0.39 is 34.7 Å². The van der Waals surface area contributed by atoms with Crippen molar-refractivity contribution >= 4 is 35.1 Å². The number of nitrogens with zero attached hydrogens (tertiary/aromatic N) is 1. The molecular formula is C21H15ClF4N4O5. The van der Waals surface area contributed by atoms with Crippen molar-refractivity contribution < 1.29 is 41.5 Å². The van der Waals surface area contributed by atoms with Gasteiger partial charge in [-0.25, -0.2) is 19.0 Å². The number of hydroxylamine groups is 1. The summed E-state index contributed by atoms with van der Waals surface area (Å²) in [5.74, 6) is -0.834. The van der Waals surface area contributed by atoms with Gasteiger partial charge in [0.1, 0.15) is 17.3 Å². The molecule has 3 N–H and O–H groups in total. The Morgan fingerprint density at radius 2 is 1.74 bits per heavy atom. The van der Waals surface area contributed by atoms with Crippen LogP contribution in [0.4, 0.5) is 38.5 Å². The molecule has 184 valence electrons. The number of aromatic nitrogens is 1. The number of benzene rings is 2. The second-order valence-corrected chi connectivity index (χ2v) is 6.95. The first-order valence-electron chi connectivity index (χ1n) is 9.44. The zero-order valence-electron chi connectivity index (χ0n) is 17.6. The molecule has 9 nitrogen and oxygen atoms in total. The first kappa shape index (κ1) is 25.5. The van der Waals surface area contributed by atoms with Crippen LogP contribution in [0.25, 0.3) is 0 Å². The van der Waals surface area contributed by atoms with E-state index in [4.69, 9.17) is 21.1 Å². The van der Waals surface area contributed by atoms with Crippen molar-refractivity contribution in [3.05, 3.63) is 71.1 Å². The Hall–Kier alpha value is -4.10. The molecule has 0 atom stereocenters. The lowest BCUT2D eigenvalue weighted by Gasteiger charge is -2.13. The van der Waals surface area contributed by atoms with Crippen LogP contribution in [0.3, 0.4) is 0 Å². The van der Waals surface area contributed by atoms with Crippen LogP contribution >= 0.6 is 11.6 Å². The number of hydrogen-bond acceptors (Lipinski definition) is 6. The highest BCUT2D eigenvalue weighted by Gasteiger charge is 2.33. The summed E-state index contributed by atoms with van der Waals surface area (Å²) in [7, 11) is 1.21. The van der Waals surface area contributed by atoms with Crippen molar-refractivity contribution in [2.45, 2.75) is 6.18 Å². The molecule has 2 aromatic carbocycles. The van der Waals surface area contributed by atoms with Gasteiger partial charge in [0, 0.05) is 24.0 Å². The molecule has 35 heavy (non-hydrogen) atoms. The minimum Gasteiger partial charge on any atom is -0.457 e. The first-order chi connectivity index (χ1) is 16.5. The zero-order valence-corrected chi connectivity index (χ0v) is 18.3. The Balaban J connectivity index is 1.65. The number of alkyl halides is 3. The largest absolute Gasteiger partial charge is 0.457 e. The minimum absolute atomic E-state index is 0.0273. The van der Waals surface area contributed by atoms with Crippen LogP contribution in [0.2, 0.25) is 5.02 Å². The van der Waals surface area contributed by atoms with Gasteiger partial charge in [-0.05, 0) is 36.4 Å². The molecule has 0 saturated heterocycles. The van der Waals surface area contributed by atoms with Crippen LogP contribution in [0.15, 0.2) is 54.7 Å². The maximum atomic E-state index is 14.5. The number of carbonyl (C=O) groups excluding carboxylic acids is 2. The normalized spacial score (nSPS) is 10.9. The summed E-state index contributed by atoms with van der Waals surface area (Å²) >= 11 is 5.54. The molecule has 3 amide bonds. The Labute approximate surface area is 199 Å². The molecule has 0 fully saturated rings. The maximum Gasteiger partial charge on any atom is 0.438 e. The number of urea groups is 1. The number of hydrogen-bond donors (Lipinski definition) is 3. The second-order valence-electron chi connectivity index (χ2n) is 6.54. The van der Waals surface area contributed by atoms with E-state index in [1.165, 1.54) is 37.6 Å². The van der Waals surface area contributed by atoms with Crippen molar-refractivity contribution in [2.75, 3.05) is 17.7 Å². The van der Waals surface area contributed by atoms with Gasteiger partial charge in [-0.1, -0.05) is 11.6 Å². The van der Waals surface area contributed by atoms with E-state index in [0.717, 1.165) is 18.2 Å². The zero-order chi connectivity index (χ0) is 25.6. The van der Waals surface area contributed by atoms with E-state index >= 15 is 0 Å². The summed E-state index contributed by atoms with van der Waals surface area (Å²) in [5.41, 5.74) is 0.333. The lowest BCUT2D eigenvalue weighted by Crippen LogP contribution is -2.25. The van der Waals surface area contributed by atoms with E-state index in [0.29, 0.717) is 6.07 Å². The van der Waals surface area contributed by atoms with Gasteiger partial charge in [0.05, 0.1) is 23.4 Å². The Morgan fingerprint density at radius 1 is 1.00 bits per heavy atom. The molecule has 0 aliphatic heterocycles. The highest BCUT2D eigenvalue weighted by atomic mass is 35.5. The summed E-state index contributed by atoms with van der Waals surface area (Å²) in [5, 5.41) is 3.83. The summed E-state index contributed by atoms with van der Waals surface area (Å²) in [6.45, 7) is 0. The van der Waals surface area contributed by atoms with Gasteiger partial charge in [-0.2, -0.15) is 18.7 Å². The number of carbonyl (C=O) groups is 2. The fourth-order valence-electron chi connectivity index (χ4n) is 2.61. The van der Waals surface area contributed by atoms with Crippen LogP contribution in [0.1, 0.15) is 5.56 Å². The van der Waals surface area contributed by atoms with E-state index in [-0.39, 0.29) is 28.8 Å². The van der Waals surface area contributed by atoms with E-state index in [9.17, 15) is 27.2 Å². The van der Waals surface area contributed by atoms with Crippen molar-refractivity contribution in [1.82, 2.24) is 10.5 Å². The Bertz CT molecular complexity index is 1240. The van der Waals surface area contributed by atoms with Gasteiger partial charge < -0.3 is 20.1 Å². The molecule has 1 aromatic heterocycles. The molecule has 0 spiro atoms. The topological polar surface area (TPSA) is 111 Å². The summed E-state index contributed by atoms with van der Waals surface area (Å²) in [4.78, 5) is 31.7. The Morgan fingerprint density at radius 3 is 2.43 bits per heavy atom. The molecule has 1 heterocycles. The quantitative estimate of drug-likeness (QED) is 0.276. The molecule has 0 unspecified atom stereocenters. The molecule has 0 aliphatic rings. The average molecular weight is 515 g/mol. The number of halogens is 5. The van der Waals surface area contributed by atoms with Gasteiger partial charge >= 0.3 is 18.3 Å². The van der Waals surface area contributed by atoms with Gasteiger partial charge in [0.25, 0.3) is 0 Å². The molecule has 0 saturated carbocycles. The fraction of sp³-hybridized carbons (Fsp3) is 0.0952. The van der Waals surface area contributed by atoms with Crippen molar-refractivity contribution in [2.24, 2.45) is 0 Å². The van der Waals surface area contributed by atoms with Crippen LogP contribution in [-0.4, -0.2) is 24.2 Å². The number of amides is 3. The predicted molar refractivity (Wildman–Crippen MR) is 116 cm³/mol. The average Bonchev–Trinajstić information content (AvgIpc) is 2.76. The molecule has 0 radical (unpaired) electrons. The standard InChI is InChI=1S/C21H15ClF4N4O5/c1-33-30-20(32)35-18-10-13(6-7-27-18)34-12-3-5-17(16(23)9-12)29-19(31)28-11-2-4-15(22)14(8-11)21(24,25)26/h2-10H,1H3,(H,30,32)(H2,28,29,31). The maximum absolute atomic E-state index is 14.5. The molecule has 0 aliphatic carbocycles. The highest BCUT2D eigenvalue weighted by molar-refractivity contribution is 6.31. The van der Waals surface area contributed by atoms with Gasteiger partial charge in [0.2, 0.25) is 5.88 Å². The van der Waals surface area contributed by atoms with Gasteiger partial charge in [-0.15, -0.1) is 0 Å². The predicted octanol–water partition coefficient (Wildman–Crippen LogP) is 5.98. The van der Waals surface area contributed by atoms with Crippen LogP contribution in [0, 0.1) is 5.82 Å². The van der Waals surface area contributed by atoms with Crippen molar-refractivity contribution in [3.8, 4) is 17.4 Å². The number of rotatable bonds is 6. The number of ether oxygens (including phenoxy) is 2. The monoisotopic (exact) mass is 514 g/mol. The second kappa shape index (κ2) is 10.9. The van der Waals surface area contributed by atoms with Crippen LogP contribution in [-0.2, 0) is 11.0 Å². The van der Waals surface area contributed by atoms with Crippen molar-refractivity contribution in [3.63, 3.8) is 0 Å². The summed E-state index contributed by atoms with van der Waals surface area (Å²) < 4.78 is 63.7. The molecule has 14 heteroatoms.